The van der Waals surface area contributed by atoms with Crippen LogP contribution in [0.1, 0.15) is 16.1 Å². The van der Waals surface area contributed by atoms with Crippen LogP contribution in [0.15, 0.2) is 18.3 Å². The summed E-state index contributed by atoms with van der Waals surface area (Å²) in [6.07, 6.45) is 1.58. The van der Waals surface area contributed by atoms with Crippen molar-refractivity contribution in [2.45, 2.75) is 6.92 Å². The van der Waals surface area contributed by atoms with Crippen molar-refractivity contribution in [3.05, 3.63) is 29.6 Å². The van der Waals surface area contributed by atoms with E-state index in [9.17, 15) is 4.79 Å². The molecule has 0 unspecified atom stereocenters. The monoisotopic (exact) mass is 190 g/mol. The highest BCUT2D eigenvalue weighted by molar-refractivity contribution is 6.02. The second kappa shape index (κ2) is 2.83. The predicted molar refractivity (Wildman–Crippen MR) is 52.4 cm³/mol. The van der Waals surface area contributed by atoms with Crippen LogP contribution in [0.2, 0.25) is 0 Å². The largest absolute Gasteiger partial charge is 0.478 e. The van der Waals surface area contributed by atoms with Gasteiger partial charge < -0.3 is 9.67 Å². The molecular weight excluding hydrogens is 180 g/mol. The van der Waals surface area contributed by atoms with Gasteiger partial charge in [-0.15, -0.1) is 0 Å². The summed E-state index contributed by atoms with van der Waals surface area (Å²) in [5.74, 6) is -0.916. The Hall–Kier alpha value is -1.84. The lowest BCUT2D eigenvalue weighted by Gasteiger charge is -1.95. The molecule has 0 saturated heterocycles. The Bertz CT molecular complexity index is 514. The van der Waals surface area contributed by atoms with Gasteiger partial charge in [-0.25, -0.2) is 9.78 Å². The highest BCUT2D eigenvalue weighted by Gasteiger charge is 2.12. The number of aryl methyl sites for hydroxylation is 2. The molecule has 2 rings (SSSR count). The standard InChI is InChI=1S/C10H10N2O2/c1-6-3-4-7-8(10(13)14)5-12(2)9(7)11-6/h3-5H,1-2H3,(H,13,14). The van der Waals surface area contributed by atoms with E-state index < -0.39 is 5.97 Å². The van der Waals surface area contributed by atoms with Crippen LogP contribution >= 0.6 is 0 Å². The fourth-order valence-electron chi connectivity index (χ4n) is 1.52. The van der Waals surface area contributed by atoms with Gasteiger partial charge in [-0.3, -0.25) is 0 Å². The van der Waals surface area contributed by atoms with Gasteiger partial charge in [-0.1, -0.05) is 0 Å². The minimum Gasteiger partial charge on any atom is -0.478 e. The van der Waals surface area contributed by atoms with E-state index in [4.69, 9.17) is 5.11 Å². The maximum atomic E-state index is 10.9. The van der Waals surface area contributed by atoms with Gasteiger partial charge in [-0.2, -0.15) is 0 Å². The molecule has 4 heteroatoms. The van der Waals surface area contributed by atoms with E-state index in [1.807, 2.05) is 13.0 Å². The Balaban J connectivity index is 2.84. The number of hydrogen-bond acceptors (Lipinski definition) is 2. The van der Waals surface area contributed by atoms with Crippen LogP contribution in [0.4, 0.5) is 0 Å². The van der Waals surface area contributed by atoms with Crippen molar-refractivity contribution in [3.63, 3.8) is 0 Å². The number of rotatable bonds is 1. The van der Waals surface area contributed by atoms with E-state index in [1.54, 1.807) is 23.9 Å². The molecule has 1 N–H and O–H groups in total. The van der Waals surface area contributed by atoms with Gasteiger partial charge in [0.25, 0.3) is 0 Å². The first-order valence-corrected chi connectivity index (χ1v) is 4.25. The zero-order chi connectivity index (χ0) is 10.3. The Morgan fingerprint density at radius 3 is 2.86 bits per heavy atom. The zero-order valence-corrected chi connectivity index (χ0v) is 7.98. The number of carboxylic acid groups (broad SMARTS) is 1. The predicted octanol–water partition coefficient (Wildman–Crippen LogP) is 1.58. The number of carbonyl (C=O) groups is 1. The van der Waals surface area contributed by atoms with Crippen molar-refractivity contribution in [1.82, 2.24) is 9.55 Å². The minimum atomic E-state index is -0.916. The molecule has 0 fully saturated rings. The molecule has 0 aromatic carbocycles. The second-order valence-corrected chi connectivity index (χ2v) is 3.28. The van der Waals surface area contributed by atoms with Crippen LogP contribution in [-0.4, -0.2) is 20.6 Å². The molecular formula is C10H10N2O2. The van der Waals surface area contributed by atoms with Gasteiger partial charge in [0, 0.05) is 24.3 Å². The van der Waals surface area contributed by atoms with Gasteiger partial charge in [0.05, 0.1) is 5.56 Å². The molecule has 2 aromatic rings. The zero-order valence-electron chi connectivity index (χ0n) is 7.98. The smallest absolute Gasteiger partial charge is 0.337 e. The summed E-state index contributed by atoms with van der Waals surface area (Å²) in [4.78, 5) is 15.1. The molecule has 0 aliphatic rings. The maximum Gasteiger partial charge on any atom is 0.337 e. The van der Waals surface area contributed by atoms with E-state index in [0.29, 0.717) is 16.6 Å². The van der Waals surface area contributed by atoms with Crippen LogP contribution in [0.25, 0.3) is 11.0 Å². The number of carboxylic acids is 1. The Labute approximate surface area is 80.8 Å². The van der Waals surface area contributed by atoms with Crippen LogP contribution in [0, 0.1) is 6.92 Å². The van der Waals surface area contributed by atoms with Crippen LogP contribution in [0.5, 0.6) is 0 Å². The minimum absolute atomic E-state index is 0.301. The molecule has 0 bridgehead atoms. The van der Waals surface area contributed by atoms with E-state index in [2.05, 4.69) is 4.98 Å². The van der Waals surface area contributed by atoms with E-state index in [1.165, 1.54) is 0 Å². The van der Waals surface area contributed by atoms with Crippen LogP contribution in [-0.2, 0) is 7.05 Å². The topological polar surface area (TPSA) is 55.1 Å². The summed E-state index contributed by atoms with van der Waals surface area (Å²) in [6.45, 7) is 1.88. The highest BCUT2D eigenvalue weighted by Crippen LogP contribution is 2.18. The molecule has 14 heavy (non-hydrogen) atoms. The van der Waals surface area contributed by atoms with Crippen molar-refractivity contribution in [1.29, 1.82) is 0 Å². The number of hydrogen-bond donors (Lipinski definition) is 1. The third kappa shape index (κ3) is 1.16. The Morgan fingerprint density at radius 1 is 1.50 bits per heavy atom. The normalized spacial score (nSPS) is 10.7. The fraction of sp³-hybridized carbons (Fsp3) is 0.200. The Kier molecular flexibility index (Phi) is 1.77. The third-order valence-corrected chi connectivity index (χ3v) is 2.19. The number of aromatic carboxylic acids is 1. The molecule has 0 atom stereocenters. The average Bonchev–Trinajstić information content (AvgIpc) is 2.44. The van der Waals surface area contributed by atoms with Gasteiger partial charge >= 0.3 is 5.97 Å². The van der Waals surface area contributed by atoms with Crippen LogP contribution < -0.4 is 0 Å². The number of nitrogens with zero attached hydrogens (tertiary/aromatic N) is 2. The lowest BCUT2D eigenvalue weighted by molar-refractivity contribution is 0.0699. The molecule has 0 amide bonds. The fourth-order valence-corrected chi connectivity index (χ4v) is 1.52. The molecule has 2 aromatic heterocycles. The third-order valence-electron chi connectivity index (χ3n) is 2.19. The molecule has 0 radical (unpaired) electrons. The Morgan fingerprint density at radius 2 is 2.21 bits per heavy atom. The summed E-state index contributed by atoms with van der Waals surface area (Å²) in [5, 5.41) is 9.61. The molecule has 0 aliphatic carbocycles. The first-order valence-electron chi connectivity index (χ1n) is 4.25. The van der Waals surface area contributed by atoms with Crippen molar-refractivity contribution in [2.75, 3.05) is 0 Å². The summed E-state index contributed by atoms with van der Waals surface area (Å²) in [7, 11) is 1.79. The van der Waals surface area contributed by atoms with Crippen LogP contribution in [0.3, 0.4) is 0 Å². The first kappa shape index (κ1) is 8.74. The van der Waals surface area contributed by atoms with Gasteiger partial charge in [0.15, 0.2) is 0 Å². The second-order valence-electron chi connectivity index (χ2n) is 3.28. The molecule has 0 saturated carbocycles. The van der Waals surface area contributed by atoms with Crippen molar-refractivity contribution in [2.24, 2.45) is 7.05 Å². The average molecular weight is 190 g/mol. The quantitative estimate of drug-likeness (QED) is 0.742. The number of aromatic nitrogens is 2. The van der Waals surface area contributed by atoms with E-state index >= 15 is 0 Å². The summed E-state index contributed by atoms with van der Waals surface area (Å²) in [6, 6.07) is 3.61. The lowest BCUT2D eigenvalue weighted by atomic mass is 10.2. The van der Waals surface area contributed by atoms with Gasteiger partial charge in [0.1, 0.15) is 5.65 Å². The first-order chi connectivity index (χ1) is 6.59. The summed E-state index contributed by atoms with van der Waals surface area (Å²) < 4.78 is 1.73. The van der Waals surface area contributed by atoms with E-state index in [0.717, 1.165) is 5.69 Å². The highest BCUT2D eigenvalue weighted by atomic mass is 16.4. The maximum absolute atomic E-state index is 10.9. The summed E-state index contributed by atoms with van der Waals surface area (Å²) >= 11 is 0. The van der Waals surface area contributed by atoms with Crippen molar-refractivity contribution in [3.8, 4) is 0 Å². The molecule has 4 nitrogen and oxygen atoms in total. The molecule has 2 heterocycles. The van der Waals surface area contributed by atoms with Gasteiger partial charge in [0.2, 0.25) is 0 Å². The molecule has 0 spiro atoms. The van der Waals surface area contributed by atoms with Crippen molar-refractivity contribution < 1.29 is 9.90 Å². The number of pyridine rings is 1. The van der Waals surface area contributed by atoms with Gasteiger partial charge in [-0.05, 0) is 19.1 Å². The van der Waals surface area contributed by atoms with E-state index in [-0.39, 0.29) is 0 Å². The molecule has 72 valence electrons. The lowest BCUT2D eigenvalue weighted by Crippen LogP contribution is -1.93. The molecule has 0 aliphatic heterocycles. The number of fused-ring (bicyclic) bond motifs is 1. The summed E-state index contributed by atoms with van der Waals surface area (Å²) in [5.41, 5.74) is 1.90. The SMILES string of the molecule is Cc1ccc2c(C(=O)O)cn(C)c2n1. The van der Waals surface area contributed by atoms with Crippen molar-refractivity contribution >= 4 is 17.0 Å².